The summed E-state index contributed by atoms with van der Waals surface area (Å²) in [4.78, 5) is 15.1. The van der Waals surface area contributed by atoms with Gasteiger partial charge in [-0.2, -0.15) is 5.10 Å². The third kappa shape index (κ3) is 4.18. The van der Waals surface area contributed by atoms with Crippen LogP contribution < -0.4 is 0 Å². The van der Waals surface area contributed by atoms with E-state index in [1.807, 2.05) is 48.7 Å². The van der Waals surface area contributed by atoms with Crippen molar-refractivity contribution in [3.8, 4) is 0 Å². The SMILES string of the molecule is Cc1ccc(SCC(=O)N2N=C(c3cccs3)CC2c2ccc(F)cc2)cc1. The van der Waals surface area contributed by atoms with Gasteiger partial charge in [0.2, 0.25) is 0 Å². The van der Waals surface area contributed by atoms with Gasteiger partial charge in [-0.25, -0.2) is 9.40 Å². The summed E-state index contributed by atoms with van der Waals surface area (Å²) in [5.41, 5.74) is 2.99. The summed E-state index contributed by atoms with van der Waals surface area (Å²) >= 11 is 3.12. The summed E-state index contributed by atoms with van der Waals surface area (Å²) in [6, 6.07) is 18.3. The third-order valence-electron chi connectivity index (χ3n) is 4.61. The van der Waals surface area contributed by atoms with Gasteiger partial charge in [0.05, 0.1) is 22.4 Å². The average molecular weight is 411 g/mol. The Kier molecular flexibility index (Phi) is 5.59. The topological polar surface area (TPSA) is 32.7 Å². The number of thiophene rings is 1. The highest BCUT2D eigenvalue weighted by molar-refractivity contribution is 8.00. The van der Waals surface area contributed by atoms with Gasteiger partial charge in [0, 0.05) is 11.3 Å². The molecule has 1 aliphatic rings. The van der Waals surface area contributed by atoms with Crippen LogP contribution in [-0.2, 0) is 4.79 Å². The minimum atomic E-state index is -0.283. The molecule has 1 amide bonds. The van der Waals surface area contributed by atoms with Crippen LogP contribution in [0.3, 0.4) is 0 Å². The Labute approximate surface area is 171 Å². The van der Waals surface area contributed by atoms with Crippen LogP contribution in [0.2, 0.25) is 0 Å². The lowest BCUT2D eigenvalue weighted by molar-refractivity contribution is -0.130. The fraction of sp³-hybridized carbons (Fsp3) is 0.182. The second-order valence-electron chi connectivity index (χ2n) is 6.64. The molecular weight excluding hydrogens is 391 g/mol. The number of carbonyl (C=O) groups is 1. The van der Waals surface area contributed by atoms with Crippen LogP contribution >= 0.6 is 23.1 Å². The Morgan fingerprint density at radius 3 is 2.61 bits per heavy atom. The van der Waals surface area contributed by atoms with E-state index < -0.39 is 0 Å². The highest BCUT2D eigenvalue weighted by Gasteiger charge is 2.33. The number of hydrogen-bond donors (Lipinski definition) is 0. The van der Waals surface area contributed by atoms with Crippen molar-refractivity contribution in [2.24, 2.45) is 5.10 Å². The zero-order valence-electron chi connectivity index (χ0n) is 15.3. The molecule has 3 aromatic rings. The predicted molar refractivity (Wildman–Crippen MR) is 113 cm³/mol. The van der Waals surface area contributed by atoms with E-state index in [2.05, 4.69) is 5.10 Å². The van der Waals surface area contributed by atoms with Gasteiger partial charge in [0.1, 0.15) is 5.82 Å². The number of halogens is 1. The Bertz CT molecular complexity index is 982. The number of nitrogens with zero attached hydrogens (tertiary/aromatic N) is 2. The lowest BCUT2D eigenvalue weighted by atomic mass is 10.0. The van der Waals surface area contributed by atoms with Crippen molar-refractivity contribution in [2.45, 2.75) is 24.3 Å². The number of amides is 1. The number of rotatable bonds is 5. The van der Waals surface area contributed by atoms with Crippen LogP contribution in [0.1, 0.15) is 28.5 Å². The summed E-state index contributed by atoms with van der Waals surface area (Å²) in [6.45, 7) is 2.04. The lowest BCUT2D eigenvalue weighted by Crippen LogP contribution is -2.28. The van der Waals surface area contributed by atoms with Crippen molar-refractivity contribution in [3.63, 3.8) is 0 Å². The van der Waals surface area contributed by atoms with E-state index in [9.17, 15) is 9.18 Å². The molecule has 28 heavy (non-hydrogen) atoms. The van der Waals surface area contributed by atoms with Crippen molar-refractivity contribution in [1.82, 2.24) is 5.01 Å². The van der Waals surface area contributed by atoms with E-state index in [0.717, 1.165) is 21.0 Å². The molecule has 2 aromatic carbocycles. The van der Waals surface area contributed by atoms with Crippen LogP contribution in [0.4, 0.5) is 4.39 Å². The summed E-state index contributed by atoms with van der Waals surface area (Å²) < 4.78 is 13.4. The maximum absolute atomic E-state index is 13.4. The van der Waals surface area contributed by atoms with Gasteiger partial charge >= 0.3 is 0 Å². The fourth-order valence-corrected chi connectivity index (χ4v) is 4.59. The molecule has 1 aliphatic heterocycles. The molecule has 3 nitrogen and oxygen atoms in total. The van der Waals surface area contributed by atoms with Gasteiger partial charge in [-0.1, -0.05) is 35.9 Å². The summed E-state index contributed by atoms with van der Waals surface area (Å²) in [6.07, 6.45) is 0.632. The van der Waals surface area contributed by atoms with Crippen LogP contribution in [0.5, 0.6) is 0 Å². The molecule has 2 heterocycles. The van der Waals surface area contributed by atoms with E-state index in [4.69, 9.17) is 0 Å². The molecule has 0 saturated carbocycles. The zero-order chi connectivity index (χ0) is 19.5. The molecule has 0 saturated heterocycles. The second kappa shape index (κ2) is 8.29. The first kappa shape index (κ1) is 18.9. The molecule has 1 aromatic heterocycles. The van der Waals surface area contributed by atoms with Crippen molar-refractivity contribution < 1.29 is 9.18 Å². The molecule has 0 bridgehead atoms. The number of hydrogen-bond acceptors (Lipinski definition) is 4. The first-order chi connectivity index (χ1) is 13.6. The first-order valence-corrected chi connectivity index (χ1v) is 10.8. The number of carbonyl (C=O) groups excluding carboxylic acids is 1. The molecule has 6 heteroatoms. The molecule has 142 valence electrons. The minimum absolute atomic E-state index is 0.0496. The standard InChI is InChI=1S/C22H19FN2OS2/c1-15-4-10-18(11-5-15)28-14-22(26)25-20(16-6-8-17(23)9-7-16)13-19(24-25)21-3-2-12-27-21/h2-12,20H,13-14H2,1H3. The summed E-state index contributed by atoms with van der Waals surface area (Å²) in [5.74, 6) is -0.0254. The zero-order valence-corrected chi connectivity index (χ0v) is 17.0. The van der Waals surface area contributed by atoms with Crippen molar-refractivity contribution >= 4 is 34.7 Å². The molecule has 0 radical (unpaired) electrons. The van der Waals surface area contributed by atoms with E-state index in [1.165, 1.54) is 29.5 Å². The molecule has 0 fully saturated rings. The smallest absolute Gasteiger partial charge is 0.253 e. The van der Waals surface area contributed by atoms with Gasteiger partial charge in [-0.15, -0.1) is 23.1 Å². The Morgan fingerprint density at radius 1 is 1.18 bits per heavy atom. The minimum Gasteiger partial charge on any atom is -0.272 e. The number of thioether (sulfide) groups is 1. The van der Waals surface area contributed by atoms with Crippen LogP contribution in [0.15, 0.2) is 76.0 Å². The van der Waals surface area contributed by atoms with E-state index in [1.54, 1.807) is 28.5 Å². The van der Waals surface area contributed by atoms with Crippen LogP contribution in [-0.4, -0.2) is 22.4 Å². The summed E-state index contributed by atoms with van der Waals surface area (Å²) in [5, 5.41) is 8.22. The monoisotopic (exact) mass is 410 g/mol. The molecule has 0 spiro atoms. The molecule has 0 aliphatic carbocycles. The molecule has 1 unspecified atom stereocenters. The van der Waals surface area contributed by atoms with Crippen molar-refractivity contribution in [1.29, 1.82) is 0 Å². The van der Waals surface area contributed by atoms with Gasteiger partial charge in [0.25, 0.3) is 5.91 Å². The average Bonchev–Trinajstić information content (AvgIpc) is 3.38. The molecule has 0 N–H and O–H groups in total. The fourth-order valence-electron chi connectivity index (χ4n) is 3.12. The highest BCUT2D eigenvalue weighted by Crippen LogP contribution is 2.34. The molecule has 4 rings (SSSR count). The Hall–Kier alpha value is -2.44. The van der Waals surface area contributed by atoms with Gasteiger partial charge < -0.3 is 0 Å². The predicted octanol–water partition coefficient (Wildman–Crippen LogP) is 5.67. The van der Waals surface area contributed by atoms with Crippen molar-refractivity contribution in [2.75, 3.05) is 5.75 Å². The van der Waals surface area contributed by atoms with Crippen LogP contribution in [0, 0.1) is 12.7 Å². The Morgan fingerprint density at radius 2 is 1.93 bits per heavy atom. The summed E-state index contributed by atoms with van der Waals surface area (Å²) in [7, 11) is 0. The lowest BCUT2D eigenvalue weighted by Gasteiger charge is -2.22. The van der Waals surface area contributed by atoms with Gasteiger partial charge in [-0.05, 0) is 48.2 Å². The molecular formula is C22H19FN2OS2. The quantitative estimate of drug-likeness (QED) is 0.508. The van der Waals surface area contributed by atoms with E-state index in [0.29, 0.717) is 12.2 Å². The second-order valence-corrected chi connectivity index (χ2v) is 8.63. The van der Waals surface area contributed by atoms with E-state index >= 15 is 0 Å². The maximum atomic E-state index is 13.4. The highest BCUT2D eigenvalue weighted by atomic mass is 32.2. The van der Waals surface area contributed by atoms with Gasteiger partial charge in [0.15, 0.2) is 0 Å². The van der Waals surface area contributed by atoms with Crippen molar-refractivity contribution in [3.05, 3.63) is 87.9 Å². The van der Waals surface area contributed by atoms with Gasteiger partial charge in [-0.3, -0.25) is 4.79 Å². The normalized spacial score (nSPS) is 16.3. The molecule has 1 atom stereocenters. The maximum Gasteiger partial charge on any atom is 0.253 e. The number of aryl methyl sites for hydroxylation is 1. The largest absolute Gasteiger partial charge is 0.272 e. The number of benzene rings is 2. The Balaban J connectivity index is 1.55. The van der Waals surface area contributed by atoms with Crippen LogP contribution in [0.25, 0.3) is 0 Å². The third-order valence-corrected chi connectivity index (χ3v) is 6.53. The number of hydrazone groups is 1. The van der Waals surface area contributed by atoms with E-state index in [-0.39, 0.29) is 17.8 Å². The first-order valence-electron chi connectivity index (χ1n) is 8.98.